The van der Waals surface area contributed by atoms with Crippen molar-refractivity contribution < 1.29 is 9.90 Å². The summed E-state index contributed by atoms with van der Waals surface area (Å²) in [5, 5.41) is 11.6. The van der Waals surface area contributed by atoms with E-state index in [1.54, 1.807) is 11.3 Å². The summed E-state index contributed by atoms with van der Waals surface area (Å²) in [5.41, 5.74) is 0.843. The summed E-state index contributed by atoms with van der Waals surface area (Å²) in [6.45, 7) is 4.78. The Morgan fingerprint density at radius 1 is 1.53 bits per heavy atom. The van der Waals surface area contributed by atoms with Gasteiger partial charge in [-0.1, -0.05) is 13.3 Å². The Morgan fingerprint density at radius 2 is 2.21 bits per heavy atom. The predicted molar refractivity (Wildman–Crippen MR) is 81.5 cm³/mol. The van der Waals surface area contributed by atoms with E-state index in [9.17, 15) is 9.90 Å². The van der Waals surface area contributed by atoms with Crippen molar-refractivity contribution in [3.05, 3.63) is 20.8 Å². The Hall–Kier alpha value is -0.390. The number of nitrogens with zero attached hydrogens (tertiary/aromatic N) is 1. The lowest BCUT2D eigenvalue weighted by molar-refractivity contribution is -0.152. The van der Waals surface area contributed by atoms with Gasteiger partial charge in [-0.3, -0.25) is 9.69 Å². The quantitative estimate of drug-likeness (QED) is 0.877. The third-order valence-corrected chi connectivity index (χ3v) is 5.58. The summed E-state index contributed by atoms with van der Waals surface area (Å²) < 4.78 is 1.16. The highest BCUT2D eigenvalue weighted by molar-refractivity contribution is 9.11. The first kappa shape index (κ1) is 15.0. The number of carboxylic acid groups (broad SMARTS) is 1. The van der Waals surface area contributed by atoms with Gasteiger partial charge in [0, 0.05) is 6.54 Å². The van der Waals surface area contributed by atoms with Crippen LogP contribution in [0.1, 0.15) is 38.2 Å². The van der Waals surface area contributed by atoms with Gasteiger partial charge in [-0.15, -0.1) is 11.3 Å². The fourth-order valence-electron chi connectivity index (χ4n) is 2.88. The van der Waals surface area contributed by atoms with Crippen LogP contribution in [0, 0.1) is 5.41 Å². The fraction of sp³-hybridized carbons (Fsp3) is 0.643. The van der Waals surface area contributed by atoms with Crippen molar-refractivity contribution in [2.45, 2.75) is 39.2 Å². The van der Waals surface area contributed by atoms with E-state index in [1.165, 1.54) is 5.56 Å². The molecule has 0 aromatic carbocycles. The second kappa shape index (κ2) is 6.37. The summed E-state index contributed by atoms with van der Waals surface area (Å²) in [6, 6.07) is 2.15. The molecule has 1 aliphatic heterocycles. The van der Waals surface area contributed by atoms with Gasteiger partial charge in [0.15, 0.2) is 0 Å². The Kier molecular flexibility index (Phi) is 5.03. The van der Waals surface area contributed by atoms with Gasteiger partial charge in [0.05, 0.1) is 9.20 Å². The number of rotatable bonds is 5. The lowest BCUT2D eigenvalue weighted by atomic mass is 9.75. The minimum absolute atomic E-state index is 0.472. The van der Waals surface area contributed by atoms with Crippen LogP contribution in [0.3, 0.4) is 0 Å². The Morgan fingerprint density at radius 3 is 2.68 bits per heavy atom. The average molecular weight is 346 g/mol. The maximum absolute atomic E-state index is 11.5. The van der Waals surface area contributed by atoms with Gasteiger partial charge in [-0.25, -0.2) is 0 Å². The number of thiophene rings is 1. The molecule has 5 heteroatoms. The Labute approximate surface area is 126 Å². The monoisotopic (exact) mass is 345 g/mol. The molecule has 1 aromatic rings. The van der Waals surface area contributed by atoms with Crippen LogP contribution in [-0.2, 0) is 11.3 Å². The molecule has 106 valence electrons. The molecule has 0 amide bonds. The van der Waals surface area contributed by atoms with Crippen LogP contribution in [-0.4, -0.2) is 29.1 Å². The van der Waals surface area contributed by atoms with Crippen molar-refractivity contribution in [2.75, 3.05) is 13.1 Å². The van der Waals surface area contributed by atoms with Gasteiger partial charge in [0.2, 0.25) is 0 Å². The topological polar surface area (TPSA) is 40.5 Å². The summed E-state index contributed by atoms with van der Waals surface area (Å²) >= 11 is 5.18. The van der Waals surface area contributed by atoms with Crippen LogP contribution in [0.25, 0.3) is 0 Å². The van der Waals surface area contributed by atoms with Crippen LogP contribution in [0.5, 0.6) is 0 Å². The molecule has 2 heterocycles. The standard InChI is InChI=1S/C14H20BrNO2S/c1-2-3-14(13(17)18)4-6-16(7-5-14)9-11-8-12(15)19-10-11/h8,10H,2-7,9H2,1H3,(H,17,18). The van der Waals surface area contributed by atoms with Crippen molar-refractivity contribution in [3.8, 4) is 0 Å². The molecule has 0 unspecified atom stereocenters. The third-order valence-electron chi connectivity index (χ3n) is 4.02. The van der Waals surface area contributed by atoms with Crippen LogP contribution >= 0.6 is 27.3 Å². The number of piperidine rings is 1. The maximum atomic E-state index is 11.5. The molecule has 0 bridgehead atoms. The zero-order chi connectivity index (χ0) is 13.9. The highest BCUT2D eigenvalue weighted by atomic mass is 79.9. The van der Waals surface area contributed by atoms with E-state index in [0.29, 0.717) is 0 Å². The van der Waals surface area contributed by atoms with Gasteiger partial charge < -0.3 is 5.11 Å². The zero-order valence-electron chi connectivity index (χ0n) is 11.2. The SMILES string of the molecule is CCCC1(C(=O)O)CCN(Cc2csc(Br)c2)CC1. The number of aliphatic carboxylic acids is 1. The summed E-state index contributed by atoms with van der Waals surface area (Å²) in [5.74, 6) is -0.604. The molecular formula is C14H20BrNO2S. The van der Waals surface area contributed by atoms with Gasteiger partial charge in [-0.2, -0.15) is 0 Å². The van der Waals surface area contributed by atoms with Gasteiger partial charge in [0.1, 0.15) is 0 Å². The molecule has 0 atom stereocenters. The zero-order valence-corrected chi connectivity index (χ0v) is 13.6. The second-order valence-electron chi connectivity index (χ2n) is 5.37. The van der Waals surface area contributed by atoms with Gasteiger partial charge >= 0.3 is 5.97 Å². The van der Waals surface area contributed by atoms with Gasteiger partial charge in [0.25, 0.3) is 0 Å². The lowest BCUT2D eigenvalue weighted by Crippen LogP contribution is -2.44. The van der Waals surface area contributed by atoms with Crippen molar-refractivity contribution in [1.82, 2.24) is 4.90 Å². The first-order valence-electron chi connectivity index (χ1n) is 6.74. The van der Waals surface area contributed by atoms with Gasteiger partial charge in [-0.05, 0) is 65.3 Å². The van der Waals surface area contributed by atoms with E-state index in [4.69, 9.17) is 0 Å². The Bertz CT molecular complexity index is 438. The van der Waals surface area contributed by atoms with E-state index in [-0.39, 0.29) is 0 Å². The molecule has 0 saturated carbocycles. The van der Waals surface area contributed by atoms with E-state index in [0.717, 1.165) is 49.1 Å². The average Bonchev–Trinajstić information content (AvgIpc) is 2.77. The number of carboxylic acids is 1. The number of hydrogen-bond acceptors (Lipinski definition) is 3. The van der Waals surface area contributed by atoms with Crippen LogP contribution in [0.15, 0.2) is 15.2 Å². The van der Waals surface area contributed by atoms with E-state index in [2.05, 4.69) is 39.2 Å². The third kappa shape index (κ3) is 3.58. The highest BCUT2D eigenvalue weighted by Crippen LogP contribution is 2.37. The summed E-state index contributed by atoms with van der Waals surface area (Å²) in [6.07, 6.45) is 3.31. The minimum Gasteiger partial charge on any atom is -0.481 e. The normalized spacial score (nSPS) is 19.5. The number of carbonyl (C=O) groups is 1. The number of likely N-dealkylation sites (tertiary alicyclic amines) is 1. The van der Waals surface area contributed by atoms with Crippen LogP contribution in [0.4, 0.5) is 0 Å². The molecule has 1 saturated heterocycles. The van der Waals surface area contributed by atoms with Crippen molar-refractivity contribution in [3.63, 3.8) is 0 Å². The highest BCUT2D eigenvalue weighted by Gasteiger charge is 2.40. The predicted octanol–water partition coefficient (Wildman–Crippen LogP) is 3.98. The Balaban J connectivity index is 1.92. The molecule has 3 nitrogen and oxygen atoms in total. The van der Waals surface area contributed by atoms with Crippen molar-refractivity contribution in [1.29, 1.82) is 0 Å². The van der Waals surface area contributed by atoms with E-state index >= 15 is 0 Å². The first-order chi connectivity index (χ1) is 9.05. The lowest BCUT2D eigenvalue weighted by Gasteiger charge is -2.38. The molecule has 1 aromatic heterocycles. The molecule has 0 spiro atoms. The van der Waals surface area contributed by atoms with Crippen LogP contribution < -0.4 is 0 Å². The molecule has 19 heavy (non-hydrogen) atoms. The molecule has 2 rings (SSSR count). The minimum atomic E-state index is -0.604. The molecule has 1 fully saturated rings. The van der Waals surface area contributed by atoms with E-state index < -0.39 is 11.4 Å². The molecule has 0 aliphatic carbocycles. The van der Waals surface area contributed by atoms with Crippen LogP contribution in [0.2, 0.25) is 0 Å². The number of hydrogen-bond donors (Lipinski definition) is 1. The van der Waals surface area contributed by atoms with Crippen molar-refractivity contribution >= 4 is 33.2 Å². The smallest absolute Gasteiger partial charge is 0.309 e. The first-order valence-corrected chi connectivity index (χ1v) is 8.42. The molecule has 1 aliphatic rings. The fourth-order valence-corrected chi connectivity index (χ4v) is 4.08. The largest absolute Gasteiger partial charge is 0.481 e. The van der Waals surface area contributed by atoms with E-state index in [1.807, 2.05) is 0 Å². The van der Waals surface area contributed by atoms with Crippen molar-refractivity contribution in [2.24, 2.45) is 5.41 Å². The molecule has 0 radical (unpaired) electrons. The second-order valence-corrected chi connectivity index (χ2v) is 7.66. The summed E-state index contributed by atoms with van der Waals surface area (Å²) in [7, 11) is 0. The number of halogens is 1. The molecular weight excluding hydrogens is 326 g/mol. The maximum Gasteiger partial charge on any atom is 0.309 e. The molecule has 1 N–H and O–H groups in total. The summed E-state index contributed by atoms with van der Waals surface area (Å²) in [4.78, 5) is 13.9.